The molecule has 0 heterocycles. The third-order valence-corrected chi connectivity index (χ3v) is 3.71. The van der Waals surface area contributed by atoms with Gasteiger partial charge in [-0.25, -0.2) is 9.59 Å². The van der Waals surface area contributed by atoms with E-state index in [1.54, 1.807) is 45.0 Å². The van der Waals surface area contributed by atoms with Crippen LogP contribution < -0.4 is 0 Å². The highest BCUT2D eigenvalue weighted by atomic mass is 16.6. The van der Waals surface area contributed by atoms with Gasteiger partial charge in [0.05, 0.1) is 6.61 Å². The van der Waals surface area contributed by atoms with Crippen LogP contribution in [0.1, 0.15) is 40.2 Å². The summed E-state index contributed by atoms with van der Waals surface area (Å²) in [6.45, 7) is 8.91. The van der Waals surface area contributed by atoms with Gasteiger partial charge in [0.2, 0.25) is 0 Å². The van der Waals surface area contributed by atoms with Crippen molar-refractivity contribution < 1.29 is 28.9 Å². The fourth-order valence-corrected chi connectivity index (χ4v) is 2.53. The van der Waals surface area contributed by atoms with E-state index in [2.05, 4.69) is 0 Å². The fraction of sp³-hybridized carbons (Fsp3) is 0.600. The van der Waals surface area contributed by atoms with Gasteiger partial charge < -0.3 is 19.3 Å². The zero-order valence-electron chi connectivity index (χ0n) is 17.0. The number of carbonyl (C=O) groups excluding carboxylic acids is 2. The Morgan fingerprint density at radius 3 is 2.33 bits per heavy atom. The van der Waals surface area contributed by atoms with Gasteiger partial charge >= 0.3 is 12.1 Å². The van der Waals surface area contributed by atoms with E-state index in [1.165, 1.54) is 12.0 Å². The van der Waals surface area contributed by atoms with Gasteiger partial charge in [-0.1, -0.05) is 32.0 Å². The Kier molecular flexibility index (Phi) is 8.56. The lowest BCUT2D eigenvalue weighted by Crippen LogP contribution is -2.51. The Hall–Kier alpha value is -2.28. The van der Waals surface area contributed by atoms with E-state index in [-0.39, 0.29) is 25.0 Å². The summed E-state index contributed by atoms with van der Waals surface area (Å²) in [5.41, 5.74) is -0.00779. The number of hydrogen-bond acceptors (Lipinski definition) is 6. The van der Waals surface area contributed by atoms with Crippen molar-refractivity contribution in [2.75, 3.05) is 20.4 Å². The zero-order valence-corrected chi connectivity index (χ0v) is 17.0. The molecule has 0 bridgehead atoms. The van der Waals surface area contributed by atoms with E-state index >= 15 is 0 Å². The molecule has 1 aromatic rings. The Morgan fingerprint density at radius 2 is 1.81 bits per heavy atom. The lowest BCUT2D eigenvalue weighted by Gasteiger charge is -2.33. The Labute approximate surface area is 161 Å². The number of aromatic hydroxyl groups is 1. The maximum atomic E-state index is 12.7. The molecule has 7 heteroatoms. The molecule has 1 atom stereocenters. The van der Waals surface area contributed by atoms with Crippen LogP contribution in [0, 0.1) is 5.92 Å². The third-order valence-electron chi connectivity index (χ3n) is 3.71. The number of phenols is 1. The average Bonchev–Trinajstić information content (AvgIpc) is 2.54. The number of amides is 1. The predicted octanol–water partition coefficient (Wildman–Crippen LogP) is 3.34. The van der Waals surface area contributed by atoms with E-state index in [0.29, 0.717) is 12.0 Å². The molecule has 1 N–H and O–H groups in total. The molecule has 0 aliphatic carbocycles. The van der Waals surface area contributed by atoms with Crippen LogP contribution in [0.3, 0.4) is 0 Å². The maximum Gasteiger partial charge on any atom is 0.412 e. The Balaban J connectivity index is 2.81. The number of nitrogens with zero attached hydrogens (tertiary/aromatic N) is 1. The van der Waals surface area contributed by atoms with Crippen molar-refractivity contribution in [1.82, 2.24) is 4.90 Å². The quantitative estimate of drug-likeness (QED) is 0.549. The van der Waals surface area contributed by atoms with Crippen LogP contribution in [0.2, 0.25) is 0 Å². The van der Waals surface area contributed by atoms with Crippen molar-refractivity contribution in [1.29, 1.82) is 0 Å². The highest BCUT2D eigenvalue weighted by Gasteiger charge is 2.36. The van der Waals surface area contributed by atoms with E-state index < -0.39 is 23.7 Å². The van der Waals surface area contributed by atoms with E-state index in [4.69, 9.17) is 14.2 Å². The second-order valence-corrected chi connectivity index (χ2v) is 7.60. The van der Waals surface area contributed by atoms with E-state index in [9.17, 15) is 14.7 Å². The average molecular weight is 381 g/mol. The molecule has 0 aliphatic heterocycles. The van der Waals surface area contributed by atoms with Gasteiger partial charge in [0.15, 0.2) is 0 Å². The Morgan fingerprint density at radius 1 is 1.19 bits per heavy atom. The SMILES string of the molecule is COCN(C(=O)OC(C)(C)C)[C@H](C(=O)OCCc1ccccc1O)C(C)C. The molecule has 0 radical (unpaired) electrons. The summed E-state index contributed by atoms with van der Waals surface area (Å²) < 4.78 is 15.9. The van der Waals surface area contributed by atoms with Gasteiger partial charge in [0.1, 0.15) is 24.1 Å². The fourth-order valence-electron chi connectivity index (χ4n) is 2.53. The molecule has 0 unspecified atom stereocenters. The zero-order chi connectivity index (χ0) is 20.6. The predicted molar refractivity (Wildman–Crippen MR) is 101 cm³/mol. The van der Waals surface area contributed by atoms with Crippen molar-refractivity contribution in [2.45, 2.75) is 52.7 Å². The first kappa shape index (κ1) is 22.8. The van der Waals surface area contributed by atoms with Crippen LogP contribution in [0.15, 0.2) is 24.3 Å². The Bertz CT molecular complexity index is 623. The molecule has 0 aromatic heterocycles. The van der Waals surface area contributed by atoms with Crippen LogP contribution >= 0.6 is 0 Å². The first-order valence-electron chi connectivity index (χ1n) is 8.99. The topological polar surface area (TPSA) is 85.3 Å². The number of phenolic OH excluding ortho intramolecular Hbond substituents is 1. The van der Waals surface area contributed by atoms with E-state index in [1.807, 2.05) is 13.8 Å². The first-order chi connectivity index (χ1) is 12.6. The van der Waals surface area contributed by atoms with Crippen molar-refractivity contribution >= 4 is 12.1 Å². The van der Waals surface area contributed by atoms with Gasteiger partial charge in [-0.2, -0.15) is 0 Å². The summed E-state index contributed by atoms with van der Waals surface area (Å²) >= 11 is 0. The number of ether oxygens (including phenoxy) is 3. The number of hydrogen-bond donors (Lipinski definition) is 1. The van der Waals surface area contributed by atoms with Crippen LogP contribution in [-0.4, -0.2) is 54.2 Å². The normalized spacial score (nSPS) is 12.6. The molecule has 0 spiro atoms. The molecular formula is C20H31NO6. The molecule has 0 saturated carbocycles. The number of rotatable bonds is 8. The highest BCUT2D eigenvalue weighted by Crippen LogP contribution is 2.19. The minimum Gasteiger partial charge on any atom is -0.508 e. The molecule has 1 rings (SSSR count). The second-order valence-electron chi connectivity index (χ2n) is 7.60. The molecule has 7 nitrogen and oxygen atoms in total. The standard InChI is InChI=1S/C20H31NO6/c1-14(2)17(21(13-25-6)19(24)27-20(3,4)5)18(23)26-12-11-15-9-7-8-10-16(15)22/h7-10,14,17,22H,11-13H2,1-6H3/t17-/m0/s1. The second kappa shape index (κ2) is 10.2. The molecule has 27 heavy (non-hydrogen) atoms. The largest absolute Gasteiger partial charge is 0.508 e. The summed E-state index contributed by atoms with van der Waals surface area (Å²) in [5.74, 6) is -0.586. The summed E-state index contributed by atoms with van der Waals surface area (Å²) in [5, 5.41) is 9.79. The maximum absolute atomic E-state index is 12.7. The number of carbonyl (C=O) groups is 2. The lowest BCUT2D eigenvalue weighted by molar-refractivity contribution is -0.153. The number of esters is 1. The third kappa shape index (κ3) is 7.46. The number of para-hydroxylation sites is 1. The minimum absolute atomic E-state index is 0.0909. The number of benzene rings is 1. The lowest BCUT2D eigenvalue weighted by atomic mass is 10.0. The highest BCUT2D eigenvalue weighted by molar-refractivity contribution is 5.81. The van der Waals surface area contributed by atoms with Crippen molar-refractivity contribution in [3.05, 3.63) is 29.8 Å². The summed E-state index contributed by atoms with van der Waals surface area (Å²) in [6, 6.07) is 6.03. The summed E-state index contributed by atoms with van der Waals surface area (Å²) in [7, 11) is 1.44. The van der Waals surface area contributed by atoms with Gasteiger partial charge in [0.25, 0.3) is 0 Å². The van der Waals surface area contributed by atoms with E-state index in [0.717, 1.165) is 0 Å². The smallest absolute Gasteiger partial charge is 0.412 e. The first-order valence-corrected chi connectivity index (χ1v) is 8.99. The monoisotopic (exact) mass is 381 g/mol. The molecule has 0 saturated heterocycles. The van der Waals surface area contributed by atoms with Crippen molar-refractivity contribution in [2.24, 2.45) is 5.92 Å². The van der Waals surface area contributed by atoms with Gasteiger partial charge in [0, 0.05) is 13.5 Å². The van der Waals surface area contributed by atoms with Crippen LogP contribution in [0.4, 0.5) is 4.79 Å². The molecule has 0 aliphatic rings. The van der Waals surface area contributed by atoms with Crippen molar-refractivity contribution in [3.8, 4) is 5.75 Å². The van der Waals surface area contributed by atoms with Crippen LogP contribution in [0.25, 0.3) is 0 Å². The molecule has 1 amide bonds. The molecule has 0 fully saturated rings. The molecule has 152 valence electrons. The van der Waals surface area contributed by atoms with Crippen LogP contribution in [-0.2, 0) is 25.4 Å². The van der Waals surface area contributed by atoms with Gasteiger partial charge in [-0.3, -0.25) is 4.90 Å². The number of methoxy groups -OCH3 is 1. The minimum atomic E-state index is -0.843. The van der Waals surface area contributed by atoms with Crippen LogP contribution in [0.5, 0.6) is 5.75 Å². The summed E-state index contributed by atoms with van der Waals surface area (Å²) in [6.07, 6.45) is -0.263. The molecular weight excluding hydrogens is 350 g/mol. The van der Waals surface area contributed by atoms with Crippen molar-refractivity contribution in [3.63, 3.8) is 0 Å². The van der Waals surface area contributed by atoms with Gasteiger partial charge in [-0.05, 0) is 38.3 Å². The summed E-state index contributed by atoms with van der Waals surface area (Å²) in [4.78, 5) is 26.4. The molecule has 1 aromatic carbocycles. The van der Waals surface area contributed by atoms with Gasteiger partial charge in [-0.15, -0.1) is 0 Å².